The van der Waals surface area contributed by atoms with E-state index < -0.39 is 16.8 Å². The molecule has 0 bridgehead atoms. The smallest absolute Gasteiger partial charge is 0.292 e. The van der Waals surface area contributed by atoms with Crippen LogP contribution in [0.1, 0.15) is 19.3 Å². The van der Waals surface area contributed by atoms with Gasteiger partial charge in [0.25, 0.3) is 5.69 Å². The lowest BCUT2D eigenvalue weighted by Crippen LogP contribution is -2.39. The standard InChI is InChI=1S/C14H20FN3O3/c15-11-4-5-14(18(20)21)13(8-11)16-9-12(19)10-17-6-2-1-3-7-17/h4-5,8,12,16,19H,1-3,6-7,9-10H2. The van der Waals surface area contributed by atoms with Gasteiger partial charge in [0.1, 0.15) is 11.5 Å². The molecule has 1 unspecified atom stereocenters. The van der Waals surface area contributed by atoms with Crippen LogP contribution in [0.4, 0.5) is 15.8 Å². The van der Waals surface area contributed by atoms with Crippen molar-refractivity contribution in [3.8, 4) is 0 Å². The quantitative estimate of drug-likeness (QED) is 0.620. The lowest BCUT2D eigenvalue weighted by Gasteiger charge is -2.28. The van der Waals surface area contributed by atoms with Gasteiger partial charge >= 0.3 is 0 Å². The lowest BCUT2D eigenvalue weighted by atomic mass is 10.1. The molecule has 1 aliphatic rings. The van der Waals surface area contributed by atoms with Crippen molar-refractivity contribution < 1.29 is 14.4 Å². The van der Waals surface area contributed by atoms with Crippen molar-refractivity contribution >= 4 is 11.4 Å². The minimum absolute atomic E-state index is 0.0951. The number of hydrogen-bond donors (Lipinski definition) is 2. The molecule has 1 heterocycles. The number of hydrogen-bond acceptors (Lipinski definition) is 5. The van der Waals surface area contributed by atoms with Gasteiger partial charge in [-0.3, -0.25) is 10.1 Å². The van der Waals surface area contributed by atoms with E-state index in [2.05, 4.69) is 10.2 Å². The second kappa shape index (κ2) is 7.33. The number of anilines is 1. The van der Waals surface area contributed by atoms with Gasteiger partial charge in [-0.1, -0.05) is 6.42 Å². The molecule has 6 nitrogen and oxygen atoms in total. The number of likely N-dealkylation sites (tertiary alicyclic amines) is 1. The van der Waals surface area contributed by atoms with Crippen LogP contribution in [0.15, 0.2) is 18.2 Å². The van der Waals surface area contributed by atoms with Gasteiger partial charge in [-0.05, 0) is 32.0 Å². The van der Waals surface area contributed by atoms with Crippen molar-refractivity contribution in [1.29, 1.82) is 0 Å². The van der Waals surface area contributed by atoms with Crippen molar-refractivity contribution in [2.75, 3.05) is 31.5 Å². The van der Waals surface area contributed by atoms with Gasteiger partial charge in [-0.2, -0.15) is 0 Å². The van der Waals surface area contributed by atoms with Crippen LogP contribution in [-0.4, -0.2) is 47.2 Å². The van der Waals surface area contributed by atoms with Crippen molar-refractivity contribution in [3.63, 3.8) is 0 Å². The third kappa shape index (κ3) is 4.64. The van der Waals surface area contributed by atoms with Gasteiger partial charge in [0.05, 0.1) is 11.0 Å². The topological polar surface area (TPSA) is 78.6 Å². The van der Waals surface area contributed by atoms with Crippen molar-refractivity contribution in [2.45, 2.75) is 25.4 Å². The van der Waals surface area contributed by atoms with Crippen molar-refractivity contribution in [3.05, 3.63) is 34.1 Å². The third-order valence-corrected chi connectivity index (χ3v) is 3.60. The summed E-state index contributed by atoms with van der Waals surface area (Å²) in [6.45, 7) is 2.62. The summed E-state index contributed by atoms with van der Waals surface area (Å²) in [5, 5.41) is 23.6. The summed E-state index contributed by atoms with van der Waals surface area (Å²) in [5.41, 5.74) is -0.0979. The van der Waals surface area contributed by atoms with E-state index in [9.17, 15) is 19.6 Å². The van der Waals surface area contributed by atoms with Crippen LogP contribution >= 0.6 is 0 Å². The number of nitro groups is 1. The highest BCUT2D eigenvalue weighted by Crippen LogP contribution is 2.24. The predicted molar refractivity (Wildman–Crippen MR) is 77.8 cm³/mol. The monoisotopic (exact) mass is 297 g/mol. The Morgan fingerprint density at radius 1 is 1.38 bits per heavy atom. The van der Waals surface area contributed by atoms with Crippen LogP contribution < -0.4 is 5.32 Å². The molecule has 0 radical (unpaired) electrons. The number of nitrogens with one attached hydrogen (secondary N) is 1. The maximum absolute atomic E-state index is 13.2. The first-order chi connectivity index (χ1) is 10.1. The maximum atomic E-state index is 13.2. The Labute approximate surface area is 122 Å². The Bertz CT molecular complexity index is 492. The molecule has 1 aliphatic heterocycles. The number of benzene rings is 1. The number of aliphatic hydroxyl groups is 1. The fraction of sp³-hybridized carbons (Fsp3) is 0.571. The van der Waals surface area contributed by atoms with Gasteiger partial charge in [-0.15, -0.1) is 0 Å². The van der Waals surface area contributed by atoms with E-state index in [0.717, 1.165) is 44.1 Å². The molecule has 0 aromatic heterocycles. The Morgan fingerprint density at radius 2 is 2.10 bits per heavy atom. The Hall–Kier alpha value is -1.73. The molecule has 1 fully saturated rings. The minimum Gasteiger partial charge on any atom is -0.390 e. The molecular weight excluding hydrogens is 277 g/mol. The first kappa shape index (κ1) is 15.7. The number of nitrogens with zero attached hydrogens (tertiary/aromatic N) is 2. The van der Waals surface area contributed by atoms with E-state index in [1.54, 1.807) is 0 Å². The van der Waals surface area contributed by atoms with E-state index >= 15 is 0 Å². The molecule has 1 aromatic carbocycles. The summed E-state index contributed by atoms with van der Waals surface area (Å²) in [6, 6.07) is 3.24. The number of rotatable bonds is 6. The molecule has 21 heavy (non-hydrogen) atoms. The van der Waals surface area contributed by atoms with E-state index in [4.69, 9.17) is 0 Å². The third-order valence-electron chi connectivity index (χ3n) is 3.60. The fourth-order valence-corrected chi connectivity index (χ4v) is 2.54. The normalized spacial score (nSPS) is 17.4. The fourth-order valence-electron chi connectivity index (χ4n) is 2.54. The van der Waals surface area contributed by atoms with Gasteiger partial charge in [0, 0.05) is 25.2 Å². The number of β-amino-alcohol motifs (C(OH)–C–C–N with tert-alkyl or cyclic N) is 1. The van der Waals surface area contributed by atoms with Crippen LogP contribution in [-0.2, 0) is 0 Å². The summed E-state index contributed by atoms with van der Waals surface area (Å²) >= 11 is 0. The minimum atomic E-state index is -0.647. The van der Waals surface area contributed by atoms with Gasteiger partial charge < -0.3 is 15.3 Å². The SMILES string of the molecule is O=[N+]([O-])c1ccc(F)cc1NCC(O)CN1CCCCC1. The van der Waals surface area contributed by atoms with Gasteiger partial charge in [0.2, 0.25) is 0 Å². The van der Waals surface area contributed by atoms with E-state index in [1.165, 1.54) is 6.42 Å². The zero-order chi connectivity index (χ0) is 15.2. The number of piperidine rings is 1. The summed E-state index contributed by atoms with van der Waals surface area (Å²) in [4.78, 5) is 12.5. The Balaban J connectivity index is 1.89. The molecule has 0 amide bonds. The largest absolute Gasteiger partial charge is 0.390 e. The van der Waals surface area contributed by atoms with Crippen LogP contribution in [0.5, 0.6) is 0 Å². The maximum Gasteiger partial charge on any atom is 0.292 e. The predicted octanol–water partition coefficient (Wildman–Crippen LogP) is 1.99. The van der Waals surface area contributed by atoms with Crippen molar-refractivity contribution in [1.82, 2.24) is 4.90 Å². The molecule has 1 saturated heterocycles. The van der Waals surface area contributed by atoms with Gasteiger partial charge in [0.15, 0.2) is 0 Å². The van der Waals surface area contributed by atoms with E-state index in [1.807, 2.05) is 0 Å². The highest BCUT2D eigenvalue weighted by atomic mass is 19.1. The molecule has 1 aromatic rings. The molecule has 0 aliphatic carbocycles. The molecule has 0 saturated carbocycles. The zero-order valence-corrected chi connectivity index (χ0v) is 11.8. The molecule has 116 valence electrons. The highest BCUT2D eigenvalue weighted by molar-refractivity contribution is 5.61. The van der Waals surface area contributed by atoms with Crippen molar-refractivity contribution in [2.24, 2.45) is 0 Å². The highest BCUT2D eigenvalue weighted by Gasteiger charge is 2.17. The molecule has 2 N–H and O–H groups in total. The van der Waals surface area contributed by atoms with Crippen LogP contribution in [0, 0.1) is 15.9 Å². The molecular formula is C14H20FN3O3. The second-order valence-corrected chi connectivity index (χ2v) is 5.31. The average Bonchev–Trinajstić information content (AvgIpc) is 2.46. The molecule has 0 spiro atoms. The number of halogens is 1. The van der Waals surface area contributed by atoms with Crippen LogP contribution in [0.2, 0.25) is 0 Å². The first-order valence-corrected chi connectivity index (χ1v) is 7.14. The summed E-state index contributed by atoms with van der Waals surface area (Å²) in [7, 11) is 0. The summed E-state index contributed by atoms with van der Waals surface area (Å²) in [5.74, 6) is -0.548. The first-order valence-electron chi connectivity index (χ1n) is 7.14. The molecule has 2 rings (SSSR count). The Kier molecular flexibility index (Phi) is 5.46. The zero-order valence-electron chi connectivity index (χ0n) is 11.8. The Morgan fingerprint density at radius 3 is 2.76 bits per heavy atom. The summed E-state index contributed by atoms with van der Waals surface area (Å²) < 4.78 is 13.2. The molecule has 7 heteroatoms. The van der Waals surface area contributed by atoms with Crippen LogP contribution in [0.25, 0.3) is 0 Å². The van der Waals surface area contributed by atoms with E-state index in [-0.39, 0.29) is 17.9 Å². The van der Waals surface area contributed by atoms with Gasteiger partial charge in [-0.25, -0.2) is 4.39 Å². The molecule has 1 atom stereocenters. The second-order valence-electron chi connectivity index (χ2n) is 5.31. The number of aliphatic hydroxyl groups excluding tert-OH is 1. The average molecular weight is 297 g/mol. The number of nitro benzene ring substituents is 1. The lowest BCUT2D eigenvalue weighted by molar-refractivity contribution is -0.384. The van der Waals surface area contributed by atoms with E-state index in [0.29, 0.717) is 6.54 Å². The summed E-state index contributed by atoms with van der Waals surface area (Å²) in [6.07, 6.45) is 2.84. The van der Waals surface area contributed by atoms with Crippen LogP contribution in [0.3, 0.4) is 0 Å².